The fourth-order valence-corrected chi connectivity index (χ4v) is 11.1. The van der Waals surface area contributed by atoms with Gasteiger partial charge in [-0.05, 0) is 98.2 Å². The molecule has 4 aromatic rings. The number of Topliss-reactive ketones (excluding diaryl/α,β-unsaturated/α-hetero) is 1. The van der Waals surface area contributed by atoms with Gasteiger partial charge in [-0.2, -0.15) is 0 Å². The van der Waals surface area contributed by atoms with E-state index < -0.39 is 21.6 Å². The molecule has 6 rings (SSSR count). The van der Waals surface area contributed by atoms with Gasteiger partial charge in [-0.3, -0.25) is 13.2 Å². The van der Waals surface area contributed by atoms with Gasteiger partial charge in [0.1, 0.15) is 5.78 Å². The van der Waals surface area contributed by atoms with Gasteiger partial charge >= 0.3 is 0 Å². The normalized spacial score (nSPS) is 26.8. The zero-order valence-corrected chi connectivity index (χ0v) is 27.3. The maximum Gasteiger partial charge on any atom is 0.136 e. The molecule has 3 nitrogen and oxygen atoms in total. The lowest BCUT2D eigenvalue weighted by Gasteiger charge is -2.48. The zero-order valence-electron chi connectivity index (χ0n) is 24.1. The third-order valence-electron chi connectivity index (χ3n) is 9.21. The first-order valence-corrected chi connectivity index (χ1v) is 17.9. The highest BCUT2D eigenvalue weighted by molar-refractivity contribution is 7.86. The van der Waals surface area contributed by atoms with Crippen LogP contribution in [0, 0.1) is 25.7 Å². The largest absolute Gasteiger partial charge is 0.299 e. The monoisotopic (exact) mass is 648 g/mol. The molecule has 0 amide bonds. The number of hydrogen-bond acceptors (Lipinski definition) is 3. The highest BCUT2D eigenvalue weighted by atomic mass is 35.5. The summed E-state index contributed by atoms with van der Waals surface area (Å²) in [5.74, 6) is -0.700. The Kier molecular flexibility index (Phi) is 9.07. The first-order chi connectivity index (χ1) is 20.7. The van der Waals surface area contributed by atoms with Crippen LogP contribution < -0.4 is 0 Å². The molecule has 2 saturated carbocycles. The smallest absolute Gasteiger partial charge is 0.136 e. The third kappa shape index (κ3) is 6.33. The Morgan fingerprint density at radius 3 is 1.67 bits per heavy atom. The molecule has 7 heteroatoms. The van der Waals surface area contributed by atoms with E-state index in [2.05, 4.69) is 0 Å². The molecular weight excluding hydrogens is 615 g/mol. The van der Waals surface area contributed by atoms with Crippen molar-refractivity contribution in [2.75, 3.05) is 0 Å². The molecule has 0 spiro atoms. The van der Waals surface area contributed by atoms with E-state index in [1.165, 1.54) is 0 Å². The van der Waals surface area contributed by atoms with Crippen molar-refractivity contribution in [3.8, 4) is 0 Å². The summed E-state index contributed by atoms with van der Waals surface area (Å²) in [5, 5.41) is 0.638. The average molecular weight is 650 g/mol. The van der Waals surface area contributed by atoms with Crippen LogP contribution in [-0.2, 0) is 26.4 Å². The highest BCUT2D eigenvalue weighted by Gasteiger charge is 2.53. The van der Waals surface area contributed by atoms with Crippen molar-refractivity contribution in [2.45, 2.75) is 65.2 Å². The predicted octanol–water partition coefficient (Wildman–Crippen LogP) is 8.83. The van der Waals surface area contributed by atoms with E-state index in [-0.39, 0.29) is 46.4 Å². The van der Waals surface area contributed by atoms with Gasteiger partial charge in [-0.15, -0.1) is 0 Å². The van der Waals surface area contributed by atoms with Crippen LogP contribution in [0.5, 0.6) is 0 Å². The van der Waals surface area contributed by atoms with Crippen LogP contribution in [-0.4, -0.2) is 24.7 Å². The number of ketones is 1. The number of halogens is 2. The van der Waals surface area contributed by atoms with E-state index in [0.29, 0.717) is 22.9 Å². The van der Waals surface area contributed by atoms with Gasteiger partial charge in [0.25, 0.3) is 0 Å². The fraction of sp³-hybridized carbons (Fsp3) is 0.306. The van der Waals surface area contributed by atoms with E-state index in [0.717, 1.165) is 32.0 Å². The highest BCUT2D eigenvalue weighted by Crippen LogP contribution is 2.53. The summed E-state index contributed by atoms with van der Waals surface area (Å²) < 4.78 is 28.8. The van der Waals surface area contributed by atoms with Gasteiger partial charge in [0.15, 0.2) is 0 Å². The Morgan fingerprint density at radius 1 is 0.628 bits per heavy atom. The van der Waals surface area contributed by atoms with Crippen LogP contribution in [0.25, 0.3) is 0 Å². The van der Waals surface area contributed by atoms with Gasteiger partial charge in [-0.1, -0.05) is 82.9 Å². The van der Waals surface area contributed by atoms with Gasteiger partial charge in [0.2, 0.25) is 0 Å². The predicted molar refractivity (Wildman–Crippen MR) is 177 cm³/mol. The number of fused-ring (bicyclic) bond motifs is 1. The molecule has 0 saturated heterocycles. The van der Waals surface area contributed by atoms with Gasteiger partial charge < -0.3 is 0 Å². The first kappa shape index (κ1) is 30.5. The van der Waals surface area contributed by atoms with E-state index in [1.54, 1.807) is 0 Å². The number of hydrogen-bond donors (Lipinski definition) is 0. The standard InChI is InChI=1S/C36H34Cl2O3S2/c1-22-9-13-28(14-10-22)42(40)35-21-32-33(19-30(35)24-5-3-7-26(37)17-24)36(43(41)29-15-11-23(2)12-16-29)31(20-34(32)39)25-6-4-8-27(38)18-25/h3-18,30-33,35-36H,19-21H2,1-2H3/t30?,31?,32-,33+,35?,36?,42?,43?/m1/s1. The molecule has 0 N–H and O–H groups in total. The van der Waals surface area contributed by atoms with Crippen LogP contribution >= 0.6 is 23.2 Å². The lowest BCUT2D eigenvalue weighted by Crippen LogP contribution is -2.51. The van der Waals surface area contributed by atoms with E-state index in [9.17, 15) is 13.2 Å². The third-order valence-corrected chi connectivity index (χ3v) is 13.4. The number of carbonyl (C=O) groups is 1. The zero-order chi connectivity index (χ0) is 30.2. The second-order valence-corrected chi connectivity index (χ2v) is 16.1. The molecule has 0 aliphatic heterocycles. The molecule has 0 aromatic heterocycles. The minimum absolute atomic E-state index is 0.120. The topological polar surface area (TPSA) is 51.2 Å². The van der Waals surface area contributed by atoms with E-state index in [1.807, 2.05) is 111 Å². The van der Waals surface area contributed by atoms with Crippen molar-refractivity contribution in [3.05, 3.63) is 129 Å². The number of rotatable bonds is 6. The second kappa shape index (κ2) is 12.8. The number of carbonyl (C=O) groups excluding carboxylic acids is 1. The van der Waals surface area contributed by atoms with Crippen molar-refractivity contribution >= 4 is 50.6 Å². The minimum atomic E-state index is -1.38. The van der Waals surface area contributed by atoms with Gasteiger partial charge in [0.05, 0.1) is 26.8 Å². The molecule has 222 valence electrons. The summed E-state index contributed by atoms with van der Waals surface area (Å²) in [4.78, 5) is 15.6. The summed E-state index contributed by atoms with van der Waals surface area (Å²) in [6.45, 7) is 4.03. The maximum atomic E-state index is 14.6. The molecule has 0 radical (unpaired) electrons. The minimum Gasteiger partial charge on any atom is -0.299 e. The van der Waals surface area contributed by atoms with E-state index in [4.69, 9.17) is 23.2 Å². The Balaban J connectivity index is 1.45. The lowest BCUT2D eigenvalue weighted by atomic mass is 9.62. The second-order valence-electron chi connectivity index (χ2n) is 12.0. The SMILES string of the molecule is Cc1ccc(S(=O)C2C[C@H]3C(=O)CC(c4cccc(Cl)c4)C(S(=O)c4ccc(C)cc4)[C@H]3CC2c2cccc(Cl)c2)cc1. The van der Waals surface area contributed by atoms with Crippen molar-refractivity contribution in [2.24, 2.45) is 11.8 Å². The molecule has 6 unspecified atom stereocenters. The Bertz CT molecular complexity index is 1690. The Hall–Kier alpha value is -2.57. The quantitative estimate of drug-likeness (QED) is 0.210. The van der Waals surface area contributed by atoms with Gasteiger partial charge in [0, 0.05) is 43.3 Å². The summed E-state index contributed by atoms with van der Waals surface area (Å²) in [7, 11) is -2.72. The Morgan fingerprint density at radius 2 is 1.14 bits per heavy atom. The fourth-order valence-electron chi connectivity index (χ4n) is 7.07. The number of aryl methyl sites for hydroxylation is 2. The number of benzene rings is 4. The average Bonchev–Trinajstić information content (AvgIpc) is 3.00. The Labute approximate surface area is 268 Å². The lowest BCUT2D eigenvalue weighted by molar-refractivity contribution is -0.128. The van der Waals surface area contributed by atoms with Crippen molar-refractivity contribution in [3.63, 3.8) is 0 Å². The summed E-state index contributed by atoms with van der Waals surface area (Å²) in [5.41, 5.74) is 4.15. The molecule has 4 aromatic carbocycles. The van der Waals surface area contributed by atoms with Crippen LogP contribution in [0.15, 0.2) is 107 Å². The molecular formula is C36H34Cl2O3S2. The molecule has 2 fully saturated rings. The summed E-state index contributed by atoms with van der Waals surface area (Å²) in [6, 6.07) is 31.1. The molecule has 0 bridgehead atoms. The first-order valence-electron chi connectivity index (χ1n) is 14.7. The van der Waals surface area contributed by atoms with Crippen molar-refractivity contribution in [1.82, 2.24) is 0 Å². The van der Waals surface area contributed by atoms with Gasteiger partial charge in [-0.25, -0.2) is 0 Å². The maximum absolute atomic E-state index is 14.6. The van der Waals surface area contributed by atoms with Crippen molar-refractivity contribution < 1.29 is 13.2 Å². The molecule has 0 heterocycles. The van der Waals surface area contributed by atoms with Crippen molar-refractivity contribution in [1.29, 1.82) is 0 Å². The molecule has 8 atom stereocenters. The molecule has 43 heavy (non-hydrogen) atoms. The van der Waals surface area contributed by atoms with Crippen LogP contribution in [0.3, 0.4) is 0 Å². The van der Waals surface area contributed by atoms with E-state index >= 15 is 0 Å². The van der Waals surface area contributed by atoms with Crippen LogP contribution in [0.4, 0.5) is 0 Å². The summed E-state index contributed by atoms with van der Waals surface area (Å²) >= 11 is 12.9. The van der Waals surface area contributed by atoms with Crippen LogP contribution in [0.2, 0.25) is 10.0 Å². The molecule has 2 aliphatic rings. The van der Waals surface area contributed by atoms with Crippen LogP contribution in [0.1, 0.15) is 53.4 Å². The molecule has 2 aliphatic carbocycles. The summed E-state index contributed by atoms with van der Waals surface area (Å²) in [6.07, 6.45) is 1.36.